The maximum Gasteiger partial charge on any atom is 0.0440 e. The standard InChI is InChI=1S/C15H27N3/c1-4-6-7-11-18(3)15-8-10-17-13-14(15)12-16-9-5-2/h8,10,13,16H,4-7,9,11-12H2,1-3H3. The van der Waals surface area contributed by atoms with E-state index >= 15 is 0 Å². The Bertz CT molecular complexity index is 325. The van der Waals surface area contributed by atoms with Crippen molar-refractivity contribution < 1.29 is 0 Å². The Kier molecular flexibility index (Phi) is 7.42. The molecule has 0 atom stereocenters. The van der Waals surface area contributed by atoms with Gasteiger partial charge in [-0.05, 0) is 25.5 Å². The largest absolute Gasteiger partial charge is 0.374 e. The zero-order valence-electron chi connectivity index (χ0n) is 12.1. The second kappa shape index (κ2) is 8.92. The summed E-state index contributed by atoms with van der Waals surface area (Å²) in [6.07, 6.45) is 8.87. The number of nitrogens with zero attached hydrogens (tertiary/aromatic N) is 2. The van der Waals surface area contributed by atoms with E-state index in [0.29, 0.717) is 0 Å². The van der Waals surface area contributed by atoms with E-state index in [1.165, 1.54) is 36.9 Å². The summed E-state index contributed by atoms with van der Waals surface area (Å²) in [4.78, 5) is 6.58. The van der Waals surface area contributed by atoms with Crippen LogP contribution in [0.5, 0.6) is 0 Å². The van der Waals surface area contributed by atoms with Crippen molar-refractivity contribution in [2.75, 3.05) is 25.0 Å². The van der Waals surface area contributed by atoms with E-state index in [1.54, 1.807) is 0 Å². The molecular formula is C15H27N3. The predicted molar refractivity (Wildman–Crippen MR) is 79.0 cm³/mol. The van der Waals surface area contributed by atoms with E-state index in [4.69, 9.17) is 0 Å². The lowest BCUT2D eigenvalue weighted by Crippen LogP contribution is -2.22. The molecule has 0 aliphatic carbocycles. The summed E-state index contributed by atoms with van der Waals surface area (Å²) in [5.74, 6) is 0. The summed E-state index contributed by atoms with van der Waals surface area (Å²) in [6.45, 7) is 7.53. The molecule has 1 rings (SSSR count). The fourth-order valence-electron chi connectivity index (χ4n) is 2.05. The Morgan fingerprint density at radius 1 is 1.22 bits per heavy atom. The van der Waals surface area contributed by atoms with Gasteiger partial charge < -0.3 is 10.2 Å². The zero-order chi connectivity index (χ0) is 13.2. The molecule has 0 saturated heterocycles. The lowest BCUT2D eigenvalue weighted by molar-refractivity contribution is 0.667. The first-order chi connectivity index (χ1) is 8.79. The summed E-state index contributed by atoms with van der Waals surface area (Å²) >= 11 is 0. The summed E-state index contributed by atoms with van der Waals surface area (Å²) in [5.41, 5.74) is 2.61. The maximum absolute atomic E-state index is 4.24. The number of aromatic nitrogens is 1. The molecule has 0 unspecified atom stereocenters. The van der Waals surface area contributed by atoms with Gasteiger partial charge in [0.15, 0.2) is 0 Å². The zero-order valence-corrected chi connectivity index (χ0v) is 12.1. The molecule has 1 N–H and O–H groups in total. The number of nitrogens with one attached hydrogen (secondary N) is 1. The van der Waals surface area contributed by atoms with Crippen LogP contribution < -0.4 is 10.2 Å². The second-order valence-corrected chi connectivity index (χ2v) is 4.81. The molecule has 1 aromatic rings. The van der Waals surface area contributed by atoms with Gasteiger partial charge in [0.25, 0.3) is 0 Å². The number of anilines is 1. The number of rotatable bonds is 9. The monoisotopic (exact) mass is 249 g/mol. The van der Waals surface area contributed by atoms with Gasteiger partial charge in [0.05, 0.1) is 0 Å². The van der Waals surface area contributed by atoms with E-state index in [-0.39, 0.29) is 0 Å². The number of pyridine rings is 1. The Morgan fingerprint density at radius 2 is 2.06 bits per heavy atom. The van der Waals surface area contributed by atoms with Crippen LogP contribution in [0, 0.1) is 0 Å². The van der Waals surface area contributed by atoms with Crippen LogP contribution in [-0.4, -0.2) is 25.1 Å². The van der Waals surface area contributed by atoms with Crippen molar-refractivity contribution in [1.29, 1.82) is 0 Å². The van der Waals surface area contributed by atoms with E-state index in [0.717, 1.165) is 19.6 Å². The summed E-state index contributed by atoms with van der Waals surface area (Å²) in [5, 5.41) is 3.45. The van der Waals surface area contributed by atoms with Crippen LogP contribution in [-0.2, 0) is 6.54 Å². The molecule has 3 heteroatoms. The fraction of sp³-hybridized carbons (Fsp3) is 0.667. The van der Waals surface area contributed by atoms with Crippen molar-refractivity contribution in [3.8, 4) is 0 Å². The first-order valence-electron chi connectivity index (χ1n) is 7.14. The molecule has 0 saturated carbocycles. The highest BCUT2D eigenvalue weighted by atomic mass is 15.1. The van der Waals surface area contributed by atoms with Gasteiger partial charge >= 0.3 is 0 Å². The van der Waals surface area contributed by atoms with Gasteiger partial charge in [0, 0.05) is 43.8 Å². The molecule has 1 aromatic heterocycles. The molecule has 0 aromatic carbocycles. The lowest BCUT2D eigenvalue weighted by Gasteiger charge is -2.22. The Balaban J connectivity index is 2.56. The highest BCUT2D eigenvalue weighted by molar-refractivity contribution is 5.51. The van der Waals surface area contributed by atoms with E-state index in [2.05, 4.69) is 42.2 Å². The number of hydrogen-bond donors (Lipinski definition) is 1. The molecule has 0 spiro atoms. The summed E-state index contributed by atoms with van der Waals surface area (Å²) < 4.78 is 0. The minimum Gasteiger partial charge on any atom is -0.374 e. The Morgan fingerprint density at radius 3 is 2.78 bits per heavy atom. The average Bonchev–Trinajstić information content (AvgIpc) is 2.40. The molecule has 0 aliphatic rings. The van der Waals surface area contributed by atoms with Gasteiger partial charge in [-0.1, -0.05) is 26.7 Å². The van der Waals surface area contributed by atoms with Crippen LogP contribution in [0.3, 0.4) is 0 Å². The summed E-state index contributed by atoms with van der Waals surface area (Å²) in [7, 11) is 2.17. The molecule has 3 nitrogen and oxygen atoms in total. The Hall–Kier alpha value is -1.09. The second-order valence-electron chi connectivity index (χ2n) is 4.81. The van der Waals surface area contributed by atoms with Gasteiger partial charge in [0.2, 0.25) is 0 Å². The van der Waals surface area contributed by atoms with Gasteiger partial charge in [-0.25, -0.2) is 0 Å². The van der Waals surface area contributed by atoms with Crippen molar-refractivity contribution in [2.45, 2.75) is 46.1 Å². The van der Waals surface area contributed by atoms with E-state index in [1.807, 2.05) is 12.4 Å². The third-order valence-corrected chi connectivity index (χ3v) is 3.13. The highest BCUT2D eigenvalue weighted by Gasteiger charge is 2.06. The molecule has 18 heavy (non-hydrogen) atoms. The first-order valence-corrected chi connectivity index (χ1v) is 7.14. The smallest absolute Gasteiger partial charge is 0.0440 e. The number of hydrogen-bond acceptors (Lipinski definition) is 3. The maximum atomic E-state index is 4.24. The molecule has 102 valence electrons. The van der Waals surface area contributed by atoms with Crippen LogP contribution in [0.1, 0.15) is 45.1 Å². The topological polar surface area (TPSA) is 28.2 Å². The van der Waals surface area contributed by atoms with E-state index < -0.39 is 0 Å². The highest BCUT2D eigenvalue weighted by Crippen LogP contribution is 2.18. The quantitative estimate of drug-likeness (QED) is 0.681. The minimum absolute atomic E-state index is 0.912. The fourth-order valence-corrected chi connectivity index (χ4v) is 2.05. The van der Waals surface area contributed by atoms with Crippen LogP contribution in [0.15, 0.2) is 18.5 Å². The van der Waals surface area contributed by atoms with Crippen molar-refractivity contribution >= 4 is 5.69 Å². The average molecular weight is 249 g/mol. The van der Waals surface area contributed by atoms with Crippen molar-refractivity contribution in [2.24, 2.45) is 0 Å². The van der Waals surface area contributed by atoms with Crippen LogP contribution in [0.4, 0.5) is 5.69 Å². The third-order valence-electron chi connectivity index (χ3n) is 3.13. The van der Waals surface area contributed by atoms with Crippen molar-refractivity contribution in [1.82, 2.24) is 10.3 Å². The predicted octanol–water partition coefficient (Wildman–Crippen LogP) is 3.21. The third kappa shape index (κ3) is 5.05. The van der Waals surface area contributed by atoms with Crippen LogP contribution in [0.2, 0.25) is 0 Å². The summed E-state index contributed by atoms with van der Waals surface area (Å²) in [6, 6.07) is 2.12. The molecule has 0 radical (unpaired) electrons. The van der Waals surface area contributed by atoms with Gasteiger partial charge in [-0.2, -0.15) is 0 Å². The van der Waals surface area contributed by atoms with Gasteiger partial charge in [-0.3, -0.25) is 4.98 Å². The lowest BCUT2D eigenvalue weighted by atomic mass is 10.2. The van der Waals surface area contributed by atoms with Crippen LogP contribution in [0.25, 0.3) is 0 Å². The molecular weight excluding hydrogens is 222 g/mol. The van der Waals surface area contributed by atoms with E-state index in [9.17, 15) is 0 Å². The molecule has 0 bridgehead atoms. The molecule has 0 amide bonds. The molecule has 0 fully saturated rings. The molecule has 0 aliphatic heterocycles. The van der Waals surface area contributed by atoms with Gasteiger partial charge in [-0.15, -0.1) is 0 Å². The first kappa shape index (κ1) is 15.0. The number of unbranched alkanes of at least 4 members (excludes halogenated alkanes) is 2. The molecule has 1 heterocycles. The van der Waals surface area contributed by atoms with Gasteiger partial charge in [0.1, 0.15) is 0 Å². The minimum atomic E-state index is 0.912. The Labute approximate surface area is 112 Å². The van der Waals surface area contributed by atoms with Crippen molar-refractivity contribution in [3.63, 3.8) is 0 Å². The normalized spacial score (nSPS) is 10.6. The van der Waals surface area contributed by atoms with Crippen molar-refractivity contribution in [3.05, 3.63) is 24.0 Å². The van der Waals surface area contributed by atoms with Crippen LogP contribution >= 0.6 is 0 Å². The SMILES string of the molecule is CCCCCN(C)c1ccncc1CNCCC.